The lowest BCUT2D eigenvalue weighted by molar-refractivity contribution is -0.154. The van der Waals surface area contributed by atoms with Crippen molar-refractivity contribution in [3.63, 3.8) is 0 Å². The summed E-state index contributed by atoms with van der Waals surface area (Å²) >= 11 is 0. The van der Waals surface area contributed by atoms with Crippen molar-refractivity contribution in [2.75, 3.05) is 11.9 Å². The zero-order chi connectivity index (χ0) is 20.1. The number of amides is 1. The van der Waals surface area contributed by atoms with Crippen LogP contribution in [0.25, 0.3) is 5.69 Å². The Bertz CT molecular complexity index is 942. The number of carbonyl (C=O) groups is 1. The zero-order valence-corrected chi connectivity index (χ0v) is 14.7. The monoisotopic (exact) mass is 391 g/mol. The fourth-order valence-corrected chi connectivity index (χ4v) is 2.38. The number of ether oxygens (including phenoxy) is 2. The summed E-state index contributed by atoms with van der Waals surface area (Å²) in [4.78, 5) is 12.2. The van der Waals surface area contributed by atoms with Gasteiger partial charge in [0.05, 0.1) is 11.3 Å². The summed E-state index contributed by atoms with van der Waals surface area (Å²) in [7, 11) is 0. The summed E-state index contributed by atoms with van der Waals surface area (Å²) < 4.78 is 48.8. The fourth-order valence-electron chi connectivity index (χ4n) is 2.38. The van der Waals surface area contributed by atoms with Crippen molar-refractivity contribution >= 4 is 11.9 Å². The highest BCUT2D eigenvalue weighted by atomic mass is 19.4. The molecule has 1 aromatic heterocycles. The van der Waals surface area contributed by atoms with Crippen LogP contribution >= 0.6 is 0 Å². The number of hydrogen-bond acceptors (Lipinski definition) is 4. The molecular weight excluding hydrogens is 375 g/mol. The summed E-state index contributed by atoms with van der Waals surface area (Å²) in [5, 5.41) is 6.59. The second kappa shape index (κ2) is 8.03. The number of carbonyl (C=O) groups excluding carboxylic acids is 1. The van der Waals surface area contributed by atoms with Crippen LogP contribution in [-0.4, -0.2) is 28.7 Å². The van der Waals surface area contributed by atoms with Gasteiger partial charge in [0.25, 0.3) is 0 Å². The van der Waals surface area contributed by atoms with Crippen LogP contribution in [0.1, 0.15) is 5.56 Å². The molecule has 0 aliphatic rings. The van der Waals surface area contributed by atoms with E-state index in [1.54, 1.807) is 60.7 Å². The highest BCUT2D eigenvalue weighted by Gasteiger charge is 2.30. The Kier molecular flexibility index (Phi) is 5.53. The first kappa shape index (κ1) is 19.3. The maximum absolute atomic E-state index is 12.5. The molecule has 0 saturated heterocycles. The second-order valence-corrected chi connectivity index (χ2v) is 5.76. The van der Waals surface area contributed by atoms with Crippen LogP contribution in [0.4, 0.5) is 23.8 Å². The average Bonchev–Trinajstić information content (AvgIpc) is 2.97. The molecule has 0 fully saturated rings. The Morgan fingerprint density at radius 2 is 1.68 bits per heavy atom. The molecule has 0 aliphatic carbocycles. The van der Waals surface area contributed by atoms with Crippen molar-refractivity contribution in [1.82, 2.24) is 9.78 Å². The van der Waals surface area contributed by atoms with Crippen LogP contribution in [0.2, 0.25) is 0 Å². The highest BCUT2D eigenvalue weighted by Crippen LogP contribution is 2.29. The third-order valence-electron chi connectivity index (χ3n) is 3.63. The molecule has 0 radical (unpaired) electrons. The van der Waals surface area contributed by atoms with Gasteiger partial charge in [-0.2, -0.15) is 13.2 Å². The van der Waals surface area contributed by atoms with E-state index < -0.39 is 18.9 Å². The van der Waals surface area contributed by atoms with Gasteiger partial charge in [-0.05, 0) is 31.2 Å². The van der Waals surface area contributed by atoms with Crippen molar-refractivity contribution in [2.45, 2.75) is 13.1 Å². The van der Waals surface area contributed by atoms with E-state index in [9.17, 15) is 18.0 Å². The van der Waals surface area contributed by atoms with Gasteiger partial charge in [-0.3, -0.25) is 5.32 Å². The predicted molar refractivity (Wildman–Crippen MR) is 95.9 cm³/mol. The molecule has 0 aliphatic heterocycles. The molecule has 1 N–H and O–H groups in total. The first-order chi connectivity index (χ1) is 13.3. The third kappa shape index (κ3) is 4.81. The van der Waals surface area contributed by atoms with Crippen molar-refractivity contribution in [3.8, 4) is 17.3 Å². The van der Waals surface area contributed by atoms with E-state index >= 15 is 0 Å². The van der Waals surface area contributed by atoms with E-state index in [0.29, 0.717) is 11.4 Å². The van der Waals surface area contributed by atoms with Crippen molar-refractivity contribution in [3.05, 3.63) is 66.2 Å². The van der Waals surface area contributed by atoms with Gasteiger partial charge < -0.3 is 9.47 Å². The molecular formula is C19H16F3N3O3. The van der Waals surface area contributed by atoms with Crippen molar-refractivity contribution in [2.24, 2.45) is 0 Å². The number of halogens is 3. The van der Waals surface area contributed by atoms with E-state index in [-0.39, 0.29) is 17.3 Å². The molecule has 3 aromatic rings. The minimum Gasteiger partial charge on any atom is -0.467 e. The summed E-state index contributed by atoms with van der Waals surface area (Å²) in [5.41, 5.74) is 0.764. The number of hydrogen-bond donors (Lipinski definition) is 1. The molecule has 1 heterocycles. The summed E-state index contributed by atoms with van der Waals surface area (Å²) in [5.74, 6) is 0.220. The van der Waals surface area contributed by atoms with Crippen LogP contribution in [0.5, 0.6) is 11.6 Å². The Balaban J connectivity index is 1.89. The number of benzene rings is 2. The molecule has 3 rings (SSSR count). The van der Waals surface area contributed by atoms with Gasteiger partial charge in [-0.25, -0.2) is 9.48 Å². The van der Waals surface area contributed by atoms with Crippen LogP contribution in [0, 0.1) is 6.92 Å². The number of nitrogens with one attached hydrogen (secondary N) is 1. The van der Waals surface area contributed by atoms with E-state index in [1.165, 1.54) is 11.6 Å². The van der Waals surface area contributed by atoms with E-state index in [1.807, 2.05) is 0 Å². The van der Waals surface area contributed by atoms with Gasteiger partial charge in [0, 0.05) is 0 Å². The Hall–Kier alpha value is -3.49. The van der Waals surface area contributed by atoms with Gasteiger partial charge in [-0.1, -0.05) is 36.4 Å². The molecule has 6 nitrogen and oxygen atoms in total. The molecule has 0 saturated carbocycles. The largest absolute Gasteiger partial charge is 0.467 e. The van der Waals surface area contributed by atoms with Gasteiger partial charge in [0.2, 0.25) is 5.88 Å². The molecule has 9 heteroatoms. The predicted octanol–water partition coefficient (Wildman–Crippen LogP) is 4.73. The molecule has 146 valence electrons. The number of rotatable bonds is 5. The Morgan fingerprint density at radius 3 is 2.29 bits per heavy atom. The first-order valence-electron chi connectivity index (χ1n) is 8.22. The number of alkyl halides is 3. The smallest absolute Gasteiger partial charge is 0.422 e. The van der Waals surface area contributed by atoms with Crippen molar-refractivity contribution < 1.29 is 27.4 Å². The number of anilines is 1. The number of para-hydroxylation sites is 2. The lowest BCUT2D eigenvalue weighted by Gasteiger charge is -2.10. The maximum Gasteiger partial charge on any atom is 0.422 e. The van der Waals surface area contributed by atoms with Crippen LogP contribution < -0.4 is 14.8 Å². The third-order valence-corrected chi connectivity index (χ3v) is 3.63. The minimum atomic E-state index is -4.51. The van der Waals surface area contributed by atoms with Crippen LogP contribution in [0.15, 0.2) is 60.7 Å². The van der Waals surface area contributed by atoms with Crippen molar-refractivity contribution in [1.29, 1.82) is 0 Å². The maximum atomic E-state index is 12.5. The standard InChI is InChI=1S/C19H16F3N3O3/c1-13-16(23-18(26)28-15-10-6-3-7-11-15)25(14-8-4-2-5-9-14)24-17(13)27-12-19(20,21)22/h2-11H,12H2,1H3,(H,23,26). The van der Waals surface area contributed by atoms with Crippen LogP contribution in [-0.2, 0) is 0 Å². The Labute approximate surface area is 158 Å². The zero-order valence-electron chi connectivity index (χ0n) is 14.7. The van der Waals surface area contributed by atoms with E-state index in [0.717, 1.165) is 0 Å². The van der Waals surface area contributed by atoms with Gasteiger partial charge in [0.1, 0.15) is 11.6 Å². The lowest BCUT2D eigenvalue weighted by atomic mass is 10.3. The molecule has 28 heavy (non-hydrogen) atoms. The van der Waals surface area contributed by atoms with Gasteiger partial charge >= 0.3 is 12.3 Å². The highest BCUT2D eigenvalue weighted by molar-refractivity contribution is 5.87. The summed E-state index contributed by atoms with van der Waals surface area (Å²) in [6, 6.07) is 17.0. The number of aromatic nitrogens is 2. The quantitative estimate of drug-likeness (QED) is 0.683. The molecule has 0 bridgehead atoms. The second-order valence-electron chi connectivity index (χ2n) is 5.76. The normalized spacial score (nSPS) is 11.1. The van der Waals surface area contributed by atoms with Crippen LogP contribution in [0.3, 0.4) is 0 Å². The SMILES string of the molecule is Cc1c(OCC(F)(F)F)nn(-c2ccccc2)c1NC(=O)Oc1ccccc1. The lowest BCUT2D eigenvalue weighted by Crippen LogP contribution is -2.20. The summed E-state index contributed by atoms with van der Waals surface area (Å²) in [6.07, 6.45) is -5.32. The van der Waals surface area contributed by atoms with E-state index in [4.69, 9.17) is 9.47 Å². The van der Waals surface area contributed by atoms with E-state index in [2.05, 4.69) is 10.4 Å². The Morgan fingerprint density at radius 1 is 1.07 bits per heavy atom. The molecule has 0 spiro atoms. The van der Waals surface area contributed by atoms with Gasteiger partial charge in [-0.15, -0.1) is 5.10 Å². The molecule has 0 unspecified atom stereocenters. The minimum absolute atomic E-state index is 0.143. The molecule has 1 amide bonds. The van der Waals surface area contributed by atoms with Gasteiger partial charge in [0.15, 0.2) is 6.61 Å². The topological polar surface area (TPSA) is 65.4 Å². The molecule has 2 aromatic carbocycles. The molecule has 0 atom stereocenters. The average molecular weight is 391 g/mol. The number of nitrogens with zero attached hydrogens (tertiary/aromatic N) is 2. The summed E-state index contributed by atoms with van der Waals surface area (Å²) in [6.45, 7) is 0.00379. The fraction of sp³-hybridized carbons (Fsp3) is 0.158. The first-order valence-corrected chi connectivity index (χ1v) is 8.22.